The van der Waals surface area contributed by atoms with Crippen molar-refractivity contribution in [2.24, 2.45) is 0 Å². The number of rotatable bonds is 4. The molecule has 6 heteroatoms. The van der Waals surface area contributed by atoms with Crippen molar-refractivity contribution in [3.05, 3.63) is 35.8 Å². The quantitative estimate of drug-likeness (QED) is 0.769. The average Bonchev–Trinajstić information content (AvgIpc) is 2.74. The number of carboxylic acids is 1. The Morgan fingerprint density at radius 2 is 2.17 bits per heavy atom. The van der Waals surface area contributed by atoms with E-state index in [2.05, 4.69) is 10.3 Å². The summed E-state index contributed by atoms with van der Waals surface area (Å²) in [5, 5.41) is 11.5. The molecule has 1 heterocycles. The largest absolute Gasteiger partial charge is 0.481 e. The minimum Gasteiger partial charge on any atom is -0.481 e. The number of halogens is 1. The summed E-state index contributed by atoms with van der Waals surface area (Å²) in [7, 11) is 0. The van der Waals surface area contributed by atoms with Crippen molar-refractivity contribution >= 4 is 22.8 Å². The third kappa shape index (κ3) is 2.48. The molecule has 0 saturated carbocycles. The summed E-state index contributed by atoms with van der Waals surface area (Å²) in [6.07, 6.45) is -0.152. The van der Waals surface area contributed by atoms with Crippen LogP contribution in [0.15, 0.2) is 24.3 Å². The van der Waals surface area contributed by atoms with E-state index in [1.807, 2.05) is 0 Å². The number of para-hydroxylation sites is 1. The molecule has 0 aliphatic heterocycles. The first-order valence-corrected chi connectivity index (χ1v) is 5.35. The van der Waals surface area contributed by atoms with Gasteiger partial charge in [0.1, 0.15) is 11.5 Å². The molecule has 0 fully saturated rings. The van der Waals surface area contributed by atoms with Gasteiger partial charge in [-0.15, -0.1) is 0 Å². The molecule has 1 aromatic carbocycles. The Morgan fingerprint density at radius 3 is 2.83 bits per heavy atom. The number of carboxylic acid groups (broad SMARTS) is 1. The Hall–Kier alpha value is -2.37. The van der Waals surface area contributed by atoms with Gasteiger partial charge in [-0.2, -0.15) is 0 Å². The Bertz CT molecular complexity index is 606. The zero-order chi connectivity index (χ0) is 13.1. The van der Waals surface area contributed by atoms with E-state index < -0.39 is 17.7 Å². The van der Waals surface area contributed by atoms with E-state index in [9.17, 15) is 14.0 Å². The first-order chi connectivity index (χ1) is 8.58. The number of amides is 1. The third-order valence-corrected chi connectivity index (χ3v) is 2.47. The smallest absolute Gasteiger partial charge is 0.305 e. The van der Waals surface area contributed by atoms with Gasteiger partial charge in [0.2, 0.25) is 0 Å². The molecule has 18 heavy (non-hydrogen) atoms. The number of benzene rings is 1. The van der Waals surface area contributed by atoms with Crippen molar-refractivity contribution in [3.8, 4) is 0 Å². The summed E-state index contributed by atoms with van der Waals surface area (Å²) in [5.41, 5.74) is 0.473. The molecule has 2 rings (SSSR count). The fourth-order valence-electron chi connectivity index (χ4n) is 1.62. The highest BCUT2D eigenvalue weighted by Gasteiger charge is 2.11. The number of carbonyl (C=O) groups excluding carboxylic acids is 1. The molecule has 0 spiro atoms. The van der Waals surface area contributed by atoms with Crippen LogP contribution in [-0.2, 0) is 4.79 Å². The molecule has 1 amide bonds. The summed E-state index contributed by atoms with van der Waals surface area (Å²) in [4.78, 5) is 24.6. The molecular formula is C12H11FN2O3. The van der Waals surface area contributed by atoms with Crippen molar-refractivity contribution in [2.45, 2.75) is 6.42 Å². The fraction of sp³-hybridized carbons (Fsp3) is 0.167. The summed E-state index contributed by atoms with van der Waals surface area (Å²) in [5.74, 6) is -1.87. The van der Waals surface area contributed by atoms with Crippen molar-refractivity contribution in [1.82, 2.24) is 10.3 Å². The van der Waals surface area contributed by atoms with E-state index in [1.165, 1.54) is 12.1 Å². The zero-order valence-electron chi connectivity index (χ0n) is 9.37. The number of aromatic amines is 1. The van der Waals surface area contributed by atoms with Gasteiger partial charge < -0.3 is 15.4 Å². The van der Waals surface area contributed by atoms with E-state index >= 15 is 0 Å². The maximum atomic E-state index is 13.4. The van der Waals surface area contributed by atoms with E-state index in [4.69, 9.17) is 5.11 Å². The van der Waals surface area contributed by atoms with Gasteiger partial charge in [-0.1, -0.05) is 12.1 Å². The van der Waals surface area contributed by atoms with Gasteiger partial charge in [-0.25, -0.2) is 4.39 Å². The summed E-state index contributed by atoms with van der Waals surface area (Å²) in [6, 6.07) is 6.06. The summed E-state index contributed by atoms with van der Waals surface area (Å²) >= 11 is 0. The zero-order valence-corrected chi connectivity index (χ0v) is 9.37. The van der Waals surface area contributed by atoms with Crippen LogP contribution in [0.5, 0.6) is 0 Å². The van der Waals surface area contributed by atoms with Crippen LogP contribution < -0.4 is 5.32 Å². The topological polar surface area (TPSA) is 82.2 Å². The lowest BCUT2D eigenvalue weighted by Gasteiger charge is -2.00. The van der Waals surface area contributed by atoms with Crippen LogP contribution in [0.3, 0.4) is 0 Å². The van der Waals surface area contributed by atoms with Crippen LogP contribution in [0.4, 0.5) is 4.39 Å². The number of fused-ring (bicyclic) bond motifs is 1. The molecule has 0 aliphatic carbocycles. The number of carbonyl (C=O) groups is 2. The molecule has 94 valence electrons. The van der Waals surface area contributed by atoms with E-state index in [-0.39, 0.29) is 24.2 Å². The molecule has 2 aromatic rings. The molecule has 3 N–H and O–H groups in total. The SMILES string of the molecule is O=C(O)CCNC(=O)c1cc2cccc(F)c2[nH]1. The molecule has 0 radical (unpaired) electrons. The molecule has 0 saturated heterocycles. The van der Waals surface area contributed by atoms with Crippen molar-refractivity contribution in [1.29, 1.82) is 0 Å². The number of nitrogens with one attached hydrogen (secondary N) is 2. The second-order valence-electron chi connectivity index (χ2n) is 3.79. The minimum absolute atomic E-state index is 0.0337. The Balaban J connectivity index is 2.13. The standard InChI is InChI=1S/C12H11FN2O3/c13-8-3-1-2-7-6-9(15-11(7)8)12(18)14-5-4-10(16)17/h1-3,6,15H,4-5H2,(H,14,18)(H,16,17). The Kier molecular flexibility index (Phi) is 3.27. The van der Waals surface area contributed by atoms with Crippen LogP contribution in [0, 0.1) is 5.82 Å². The van der Waals surface area contributed by atoms with Crippen LogP contribution in [0.2, 0.25) is 0 Å². The molecule has 1 aromatic heterocycles. The normalized spacial score (nSPS) is 10.5. The minimum atomic E-state index is -0.988. The number of hydrogen-bond donors (Lipinski definition) is 3. The van der Waals surface area contributed by atoms with Gasteiger partial charge >= 0.3 is 5.97 Å². The molecule has 5 nitrogen and oxygen atoms in total. The Labute approximate surface area is 102 Å². The average molecular weight is 250 g/mol. The highest BCUT2D eigenvalue weighted by Crippen LogP contribution is 2.18. The van der Waals surface area contributed by atoms with E-state index in [0.29, 0.717) is 5.39 Å². The van der Waals surface area contributed by atoms with Gasteiger partial charge in [0, 0.05) is 11.9 Å². The Morgan fingerprint density at radius 1 is 1.39 bits per heavy atom. The van der Waals surface area contributed by atoms with Crippen LogP contribution in [0.1, 0.15) is 16.9 Å². The first-order valence-electron chi connectivity index (χ1n) is 5.35. The number of H-pyrrole nitrogens is 1. The maximum absolute atomic E-state index is 13.4. The highest BCUT2D eigenvalue weighted by molar-refractivity contribution is 5.98. The van der Waals surface area contributed by atoms with Crippen LogP contribution in [-0.4, -0.2) is 28.5 Å². The van der Waals surface area contributed by atoms with Gasteiger partial charge in [-0.3, -0.25) is 9.59 Å². The predicted octanol–water partition coefficient (Wildman–Crippen LogP) is 1.51. The van der Waals surface area contributed by atoms with Gasteiger partial charge in [0.05, 0.1) is 11.9 Å². The molecule has 0 bridgehead atoms. The third-order valence-electron chi connectivity index (χ3n) is 2.47. The monoisotopic (exact) mass is 250 g/mol. The van der Waals surface area contributed by atoms with Gasteiger partial charge in [0.15, 0.2) is 0 Å². The second kappa shape index (κ2) is 4.87. The van der Waals surface area contributed by atoms with E-state index in [0.717, 1.165) is 0 Å². The van der Waals surface area contributed by atoms with Crippen molar-refractivity contribution in [3.63, 3.8) is 0 Å². The molecule has 0 atom stereocenters. The molecule has 0 aliphatic rings. The molecule has 0 unspecified atom stereocenters. The second-order valence-corrected chi connectivity index (χ2v) is 3.79. The van der Waals surface area contributed by atoms with Gasteiger partial charge in [0.25, 0.3) is 5.91 Å². The number of hydrogen-bond acceptors (Lipinski definition) is 2. The number of aliphatic carboxylic acids is 1. The predicted molar refractivity (Wildman–Crippen MR) is 62.8 cm³/mol. The van der Waals surface area contributed by atoms with Crippen LogP contribution in [0.25, 0.3) is 10.9 Å². The summed E-state index contributed by atoms with van der Waals surface area (Å²) < 4.78 is 13.4. The first kappa shape index (κ1) is 12.1. The van der Waals surface area contributed by atoms with Gasteiger partial charge in [-0.05, 0) is 12.1 Å². The maximum Gasteiger partial charge on any atom is 0.305 e. The summed E-state index contributed by atoms with van der Waals surface area (Å²) in [6.45, 7) is 0.0337. The van der Waals surface area contributed by atoms with E-state index in [1.54, 1.807) is 12.1 Å². The lowest BCUT2D eigenvalue weighted by atomic mass is 10.2. The van der Waals surface area contributed by atoms with Crippen molar-refractivity contribution < 1.29 is 19.1 Å². The highest BCUT2D eigenvalue weighted by atomic mass is 19.1. The fourth-order valence-corrected chi connectivity index (χ4v) is 1.62. The van der Waals surface area contributed by atoms with Crippen LogP contribution >= 0.6 is 0 Å². The number of aromatic nitrogens is 1. The van der Waals surface area contributed by atoms with Crippen molar-refractivity contribution in [2.75, 3.05) is 6.54 Å². The lowest BCUT2D eigenvalue weighted by molar-refractivity contribution is -0.136. The molecular weight excluding hydrogens is 239 g/mol. The lowest BCUT2D eigenvalue weighted by Crippen LogP contribution is -2.26.